The Hall–Kier alpha value is -3.07. The smallest absolute Gasteiger partial charge is 0.164 e. The van der Waals surface area contributed by atoms with Gasteiger partial charge in [0.15, 0.2) is 5.78 Å². The average molecular weight is 369 g/mol. The van der Waals surface area contributed by atoms with Gasteiger partial charge in [-0.15, -0.1) is 0 Å². The maximum atomic E-state index is 13.1. The van der Waals surface area contributed by atoms with E-state index in [9.17, 15) is 4.79 Å². The highest BCUT2D eigenvalue weighted by molar-refractivity contribution is 6.01. The molecule has 3 aromatic rings. The second-order valence-electron chi connectivity index (χ2n) is 8.23. The number of hydrogen-bond acceptors (Lipinski definition) is 3. The maximum absolute atomic E-state index is 13.1. The SMILES string of the molecule is C[C@H]1C(=O)C(C)(C)Nc2ccc3c(c21)[C@@H](c1ccccc1)Oc1ccccc1-3. The Balaban J connectivity index is 1.81. The summed E-state index contributed by atoms with van der Waals surface area (Å²) in [5, 5.41) is 3.46. The fourth-order valence-electron chi connectivity index (χ4n) is 4.64. The molecule has 2 heterocycles. The van der Waals surface area contributed by atoms with Gasteiger partial charge in [0.2, 0.25) is 0 Å². The average Bonchev–Trinajstić information content (AvgIpc) is 2.71. The van der Waals surface area contributed by atoms with Crippen molar-refractivity contribution in [1.82, 2.24) is 0 Å². The first-order chi connectivity index (χ1) is 13.5. The van der Waals surface area contributed by atoms with Crippen molar-refractivity contribution in [1.29, 1.82) is 0 Å². The molecular weight excluding hydrogens is 346 g/mol. The highest BCUT2D eigenvalue weighted by atomic mass is 16.5. The van der Waals surface area contributed by atoms with Gasteiger partial charge < -0.3 is 10.1 Å². The fraction of sp³-hybridized carbons (Fsp3) is 0.240. The Bertz CT molecular complexity index is 1080. The van der Waals surface area contributed by atoms with Crippen LogP contribution in [0.2, 0.25) is 0 Å². The van der Waals surface area contributed by atoms with Crippen molar-refractivity contribution >= 4 is 11.5 Å². The van der Waals surface area contributed by atoms with Crippen LogP contribution >= 0.6 is 0 Å². The molecule has 0 amide bonds. The van der Waals surface area contributed by atoms with Gasteiger partial charge in [0.1, 0.15) is 11.9 Å². The van der Waals surface area contributed by atoms with Crippen LogP contribution in [0.3, 0.4) is 0 Å². The van der Waals surface area contributed by atoms with Crippen molar-refractivity contribution in [2.24, 2.45) is 0 Å². The minimum Gasteiger partial charge on any atom is -0.480 e. The number of carbonyl (C=O) groups is 1. The number of fused-ring (bicyclic) bond motifs is 5. The molecule has 0 bridgehead atoms. The van der Waals surface area contributed by atoms with Gasteiger partial charge >= 0.3 is 0 Å². The van der Waals surface area contributed by atoms with E-state index in [2.05, 4.69) is 35.6 Å². The third kappa shape index (κ3) is 2.39. The Labute approximate surface area is 165 Å². The van der Waals surface area contributed by atoms with E-state index in [1.165, 1.54) is 0 Å². The quantitative estimate of drug-likeness (QED) is 0.597. The van der Waals surface area contributed by atoms with Gasteiger partial charge in [-0.25, -0.2) is 0 Å². The van der Waals surface area contributed by atoms with E-state index in [-0.39, 0.29) is 17.8 Å². The molecule has 0 fully saturated rings. The minimum atomic E-state index is -0.573. The number of para-hydroxylation sites is 1. The molecule has 2 aliphatic rings. The number of hydrogen-bond donors (Lipinski definition) is 1. The molecule has 2 atom stereocenters. The molecule has 0 spiro atoms. The summed E-state index contributed by atoms with van der Waals surface area (Å²) < 4.78 is 6.51. The molecule has 140 valence electrons. The highest BCUT2D eigenvalue weighted by Crippen LogP contribution is 2.51. The molecule has 0 aliphatic carbocycles. The third-order valence-electron chi connectivity index (χ3n) is 5.96. The predicted octanol–water partition coefficient (Wildman–Crippen LogP) is 5.71. The van der Waals surface area contributed by atoms with Crippen LogP contribution in [0.1, 0.15) is 49.5 Å². The lowest BCUT2D eigenvalue weighted by Crippen LogP contribution is -2.47. The van der Waals surface area contributed by atoms with E-state index >= 15 is 0 Å². The molecule has 28 heavy (non-hydrogen) atoms. The van der Waals surface area contributed by atoms with Crippen molar-refractivity contribution in [2.75, 3.05) is 5.32 Å². The van der Waals surface area contributed by atoms with Crippen LogP contribution in [0.15, 0.2) is 66.7 Å². The Morgan fingerprint density at radius 1 is 0.857 bits per heavy atom. The van der Waals surface area contributed by atoms with E-state index in [0.717, 1.165) is 39.3 Å². The van der Waals surface area contributed by atoms with Crippen LogP contribution < -0.4 is 10.1 Å². The van der Waals surface area contributed by atoms with Crippen LogP contribution in [0.25, 0.3) is 11.1 Å². The largest absolute Gasteiger partial charge is 0.480 e. The van der Waals surface area contributed by atoms with Crippen molar-refractivity contribution < 1.29 is 9.53 Å². The summed E-state index contributed by atoms with van der Waals surface area (Å²) in [5.41, 5.74) is 5.94. The van der Waals surface area contributed by atoms with Gasteiger partial charge in [0.05, 0.1) is 5.54 Å². The van der Waals surface area contributed by atoms with Gasteiger partial charge in [0, 0.05) is 22.7 Å². The first-order valence-electron chi connectivity index (χ1n) is 9.77. The molecule has 0 radical (unpaired) electrons. The number of carbonyl (C=O) groups excluding carboxylic acids is 1. The lowest BCUT2D eigenvalue weighted by molar-refractivity contribution is -0.123. The summed E-state index contributed by atoms with van der Waals surface area (Å²) in [6, 6.07) is 22.7. The van der Waals surface area contributed by atoms with Crippen LogP contribution in [-0.4, -0.2) is 11.3 Å². The van der Waals surface area contributed by atoms with Crippen molar-refractivity contribution in [3.05, 3.63) is 83.4 Å². The lowest BCUT2D eigenvalue weighted by Gasteiger charge is -2.40. The summed E-state index contributed by atoms with van der Waals surface area (Å²) in [6.07, 6.45) is -0.237. The Morgan fingerprint density at radius 3 is 2.36 bits per heavy atom. The number of benzene rings is 3. The zero-order valence-electron chi connectivity index (χ0n) is 16.3. The van der Waals surface area contributed by atoms with E-state index in [4.69, 9.17) is 4.74 Å². The van der Waals surface area contributed by atoms with Crippen molar-refractivity contribution in [3.8, 4) is 16.9 Å². The molecule has 0 aromatic heterocycles. The van der Waals surface area contributed by atoms with E-state index in [1.807, 2.05) is 57.2 Å². The first kappa shape index (κ1) is 17.1. The molecule has 3 nitrogen and oxygen atoms in total. The first-order valence-corrected chi connectivity index (χ1v) is 9.77. The van der Waals surface area contributed by atoms with Gasteiger partial charge in [-0.1, -0.05) is 61.5 Å². The van der Waals surface area contributed by atoms with Crippen LogP contribution in [0.5, 0.6) is 5.75 Å². The van der Waals surface area contributed by atoms with Crippen LogP contribution in [0.4, 0.5) is 5.69 Å². The van der Waals surface area contributed by atoms with E-state index < -0.39 is 5.54 Å². The molecule has 3 heteroatoms. The van der Waals surface area contributed by atoms with Crippen molar-refractivity contribution in [2.45, 2.75) is 38.3 Å². The number of anilines is 1. The molecule has 3 aromatic carbocycles. The maximum Gasteiger partial charge on any atom is 0.164 e. The summed E-state index contributed by atoms with van der Waals surface area (Å²) in [5.74, 6) is 0.896. The van der Waals surface area contributed by atoms with Crippen molar-refractivity contribution in [3.63, 3.8) is 0 Å². The normalized spacial score (nSPS) is 21.6. The topological polar surface area (TPSA) is 38.3 Å². The summed E-state index contributed by atoms with van der Waals surface area (Å²) in [7, 11) is 0. The third-order valence-corrected chi connectivity index (χ3v) is 5.96. The fourth-order valence-corrected chi connectivity index (χ4v) is 4.64. The number of rotatable bonds is 1. The highest BCUT2D eigenvalue weighted by Gasteiger charge is 2.42. The van der Waals surface area contributed by atoms with Gasteiger partial charge in [-0.3, -0.25) is 4.79 Å². The molecule has 0 saturated heterocycles. The number of ether oxygens (including phenoxy) is 1. The van der Waals surface area contributed by atoms with Crippen LogP contribution in [-0.2, 0) is 4.79 Å². The summed E-state index contributed by atoms with van der Waals surface area (Å²) >= 11 is 0. The van der Waals surface area contributed by atoms with E-state index in [1.54, 1.807) is 0 Å². The minimum absolute atomic E-state index is 0.193. The molecule has 1 N–H and O–H groups in total. The molecule has 0 saturated carbocycles. The second-order valence-corrected chi connectivity index (χ2v) is 8.23. The second kappa shape index (κ2) is 5.96. The monoisotopic (exact) mass is 369 g/mol. The van der Waals surface area contributed by atoms with E-state index in [0.29, 0.717) is 0 Å². The molecule has 0 unspecified atom stereocenters. The summed E-state index contributed by atoms with van der Waals surface area (Å²) in [4.78, 5) is 13.1. The molecule has 5 rings (SSSR count). The number of Topliss-reactive ketones (excluding diaryl/α,β-unsaturated/α-hetero) is 1. The number of nitrogens with one attached hydrogen (secondary N) is 1. The van der Waals surface area contributed by atoms with Gasteiger partial charge in [-0.2, -0.15) is 0 Å². The van der Waals surface area contributed by atoms with Gasteiger partial charge in [-0.05, 0) is 42.7 Å². The number of ketones is 1. The molecular formula is C25H23NO2. The zero-order chi connectivity index (χ0) is 19.5. The predicted molar refractivity (Wildman–Crippen MR) is 112 cm³/mol. The Kier molecular flexibility index (Phi) is 3.63. The zero-order valence-corrected chi connectivity index (χ0v) is 16.3. The lowest BCUT2D eigenvalue weighted by atomic mass is 9.74. The van der Waals surface area contributed by atoms with Gasteiger partial charge in [0.25, 0.3) is 0 Å². The molecule has 2 aliphatic heterocycles. The standard InChI is InChI=1S/C25H23NO2/c1-15-21-19(26-25(2,3)24(15)27)14-13-18-17-11-7-8-12-20(17)28-23(22(18)21)16-9-5-4-6-10-16/h4-15,23,26H,1-3H3/t15-,23-/m1/s1. The van der Waals surface area contributed by atoms with Crippen LogP contribution in [0, 0.1) is 0 Å². The Morgan fingerprint density at radius 2 is 1.57 bits per heavy atom. The summed E-state index contributed by atoms with van der Waals surface area (Å²) in [6.45, 7) is 5.93.